The first-order chi connectivity index (χ1) is 18.0. The SMILES string of the molecule is CNC(=O)[C@@H](NC(=O)c1ccc(-c2ccc(CNC(=O)OCc3ccccc3)cc2)o1)C1CCCCC1. The van der Waals surface area contributed by atoms with Crippen molar-refractivity contribution in [2.24, 2.45) is 5.92 Å². The van der Waals surface area contributed by atoms with Crippen LogP contribution in [0.2, 0.25) is 0 Å². The minimum absolute atomic E-state index is 0.129. The lowest BCUT2D eigenvalue weighted by Gasteiger charge is -2.29. The third kappa shape index (κ3) is 7.22. The lowest BCUT2D eigenvalue weighted by atomic mass is 9.83. The number of rotatable bonds is 9. The van der Waals surface area contributed by atoms with Gasteiger partial charge in [0, 0.05) is 19.2 Å². The lowest BCUT2D eigenvalue weighted by molar-refractivity contribution is -0.124. The molecule has 1 aliphatic carbocycles. The van der Waals surface area contributed by atoms with E-state index >= 15 is 0 Å². The number of likely N-dealkylation sites (N-methyl/N-ethyl adjacent to an activating group) is 1. The summed E-state index contributed by atoms with van der Waals surface area (Å²) in [6.07, 6.45) is 4.66. The summed E-state index contributed by atoms with van der Waals surface area (Å²) in [7, 11) is 1.59. The second-order valence-corrected chi connectivity index (χ2v) is 9.24. The van der Waals surface area contributed by atoms with Crippen LogP contribution in [0.15, 0.2) is 71.1 Å². The highest BCUT2D eigenvalue weighted by atomic mass is 16.5. The van der Waals surface area contributed by atoms with Crippen molar-refractivity contribution in [1.29, 1.82) is 0 Å². The molecule has 0 saturated heterocycles. The van der Waals surface area contributed by atoms with Crippen molar-refractivity contribution in [3.8, 4) is 11.3 Å². The minimum Gasteiger partial charge on any atom is -0.451 e. The van der Waals surface area contributed by atoms with Gasteiger partial charge in [-0.25, -0.2) is 4.79 Å². The van der Waals surface area contributed by atoms with Crippen molar-refractivity contribution < 1.29 is 23.5 Å². The van der Waals surface area contributed by atoms with Crippen LogP contribution in [0.3, 0.4) is 0 Å². The molecule has 1 heterocycles. The Morgan fingerprint density at radius 3 is 2.35 bits per heavy atom. The molecule has 3 N–H and O–H groups in total. The predicted molar refractivity (Wildman–Crippen MR) is 140 cm³/mol. The van der Waals surface area contributed by atoms with E-state index in [1.807, 2.05) is 54.6 Å². The van der Waals surface area contributed by atoms with Crippen LogP contribution in [0.25, 0.3) is 11.3 Å². The summed E-state index contributed by atoms with van der Waals surface area (Å²) in [5.74, 6) is 0.247. The quantitative estimate of drug-likeness (QED) is 0.389. The molecule has 0 aliphatic heterocycles. The Hall–Kier alpha value is -4.07. The van der Waals surface area contributed by atoms with Gasteiger partial charge in [-0.05, 0) is 42.0 Å². The third-order valence-electron chi connectivity index (χ3n) is 6.65. The van der Waals surface area contributed by atoms with E-state index in [0.29, 0.717) is 12.3 Å². The van der Waals surface area contributed by atoms with Crippen molar-refractivity contribution in [3.05, 3.63) is 83.6 Å². The van der Waals surface area contributed by atoms with Gasteiger partial charge in [-0.15, -0.1) is 0 Å². The topological polar surface area (TPSA) is 110 Å². The molecule has 1 aliphatic rings. The van der Waals surface area contributed by atoms with E-state index in [1.54, 1.807) is 19.2 Å². The molecule has 194 valence electrons. The molecule has 8 nitrogen and oxygen atoms in total. The molecule has 1 fully saturated rings. The molecule has 8 heteroatoms. The molecule has 1 aromatic heterocycles. The van der Waals surface area contributed by atoms with Crippen molar-refractivity contribution >= 4 is 17.9 Å². The molecule has 4 rings (SSSR count). The van der Waals surface area contributed by atoms with Gasteiger partial charge in [-0.2, -0.15) is 0 Å². The van der Waals surface area contributed by atoms with E-state index in [-0.39, 0.29) is 24.2 Å². The molecule has 0 unspecified atom stereocenters. The predicted octanol–water partition coefficient (Wildman–Crippen LogP) is 4.80. The number of furan rings is 1. The summed E-state index contributed by atoms with van der Waals surface area (Å²) in [6, 6.07) is 19.7. The van der Waals surface area contributed by atoms with Crippen LogP contribution < -0.4 is 16.0 Å². The van der Waals surface area contributed by atoms with E-state index in [2.05, 4.69) is 16.0 Å². The average molecular weight is 504 g/mol. The van der Waals surface area contributed by atoms with E-state index in [1.165, 1.54) is 6.42 Å². The molecule has 3 amide bonds. The summed E-state index contributed by atoms with van der Waals surface area (Å²) in [5.41, 5.74) is 2.61. The van der Waals surface area contributed by atoms with Crippen molar-refractivity contribution in [1.82, 2.24) is 16.0 Å². The Kier molecular flexibility index (Phi) is 8.97. The minimum atomic E-state index is -0.572. The number of amides is 3. The molecule has 2 aromatic carbocycles. The largest absolute Gasteiger partial charge is 0.451 e. The smallest absolute Gasteiger partial charge is 0.407 e. The van der Waals surface area contributed by atoms with E-state index < -0.39 is 18.0 Å². The van der Waals surface area contributed by atoms with Crippen molar-refractivity contribution in [2.75, 3.05) is 7.05 Å². The van der Waals surface area contributed by atoms with E-state index in [4.69, 9.17) is 9.15 Å². The Morgan fingerprint density at radius 2 is 1.65 bits per heavy atom. The van der Waals surface area contributed by atoms with Gasteiger partial charge in [0.1, 0.15) is 18.4 Å². The van der Waals surface area contributed by atoms with Crippen LogP contribution in [0.5, 0.6) is 0 Å². The first-order valence-corrected chi connectivity index (χ1v) is 12.7. The van der Waals surface area contributed by atoms with Gasteiger partial charge in [-0.3, -0.25) is 9.59 Å². The Bertz CT molecular complexity index is 1180. The molecule has 37 heavy (non-hydrogen) atoms. The number of benzene rings is 2. The number of hydrogen-bond acceptors (Lipinski definition) is 5. The summed E-state index contributed by atoms with van der Waals surface area (Å²) < 4.78 is 11.0. The van der Waals surface area contributed by atoms with Gasteiger partial charge in [0.25, 0.3) is 5.91 Å². The van der Waals surface area contributed by atoms with E-state index in [9.17, 15) is 14.4 Å². The Balaban J connectivity index is 1.30. The van der Waals surface area contributed by atoms with Crippen LogP contribution >= 0.6 is 0 Å². The molecule has 0 radical (unpaired) electrons. The molecule has 0 spiro atoms. The first-order valence-electron chi connectivity index (χ1n) is 12.7. The lowest BCUT2D eigenvalue weighted by Crippen LogP contribution is -2.50. The monoisotopic (exact) mass is 503 g/mol. The fourth-order valence-electron chi connectivity index (χ4n) is 4.58. The van der Waals surface area contributed by atoms with Crippen LogP contribution in [0, 0.1) is 5.92 Å². The second kappa shape index (κ2) is 12.8. The van der Waals surface area contributed by atoms with Crippen molar-refractivity contribution in [3.63, 3.8) is 0 Å². The van der Waals surface area contributed by atoms with Gasteiger partial charge >= 0.3 is 6.09 Å². The number of hydrogen-bond donors (Lipinski definition) is 3. The van der Waals surface area contributed by atoms with Crippen molar-refractivity contribution in [2.45, 2.75) is 51.3 Å². The number of carbonyl (C=O) groups is 3. The summed E-state index contributed by atoms with van der Waals surface area (Å²) in [5, 5.41) is 8.28. The fraction of sp³-hybridized carbons (Fsp3) is 0.345. The van der Waals surface area contributed by atoms with Crippen LogP contribution in [-0.2, 0) is 22.7 Å². The number of carbonyl (C=O) groups excluding carboxylic acids is 3. The highest BCUT2D eigenvalue weighted by Gasteiger charge is 2.31. The zero-order valence-electron chi connectivity index (χ0n) is 21.0. The summed E-state index contributed by atoms with van der Waals surface area (Å²) in [6.45, 7) is 0.534. The zero-order chi connectivity index (χ0) is 26.0. The average Bonchev–Trinajstić information content (AvgIpc) is 3.45. The zero-order valence-corrected chi connectivity index (χ0v) is 21.0. The molecule has 0 bridgehead atoms. The highest BCUT2D eigenvalue weighted by molar-refractivity contribution is 5.96. The standard InChI is InChI=1S/C29H33N3O5/c1-30-28(34)26(23-10-6-3-7-11-23)32-27(33)25-17-16-24(37-25)22-14-12-20(13-15-22)18-31-29(35)36-19-21-8-4-2-5-9-21/h2,4-5,8-9,12-17,23,26H,3,6-7,10-11,18-19H2,1H3,(H,30,34)(H,31,35)(H,32,33)/t26-/m0/s1. The number of alkyl carbamates (subject to hydrolysis) is 1. The maximum Gasteiger partial charge on any atom is 0.407 e. The summed E-state index contributed by atoms with van der Waals surface area (Å²) in [4.78, 5) is 37.3. The summed E-state index contributed by atoms with van der Waals surface area (Å²) >= 11 is 0. The molecule has 3 aromatic rings. The van der Waals surface area contributed by atoms with Crippen LogP contribution in [0.1, 0.15) is 53.8 Å². The third-order valence-corrected chi connectivity index (χ3v) is 6.65. The Labute approximate surface area is 216 Å². The Morgan fingerprint density at radius 1 is 0.919 bits per heavy atom. The maximum atomic E-state index is 12.9. The normalized spacial score (nSPS) is 14.4. The molecule has 1 atom stereocenters. The van der Waals surface area contributed by atoms with Gasteiger partial charge in [0.2, 0.25) is 5.91 Å². The first kappa shape index (κ1) is 26.0. The molecular formula is C29H33N3O5. The van der Waals surface area contributed by atoms with E-state index in [0.717, 1.165) is 42.4 Å². The highest BCUT2D eigenvalue weighted by Crippen LogP contribution is 2.27. The fourth-order valence-corrected chi connectivity index (χ4v) is 4.58. The molecular weight excluding hydrogens is 470 g/mol. The van der Waals surface area contributed by atoms with Crippen LogP contribution in [0.4, 0.5) is 4.79 Å². The molecule has 1 saturated carbocycles. The van der Waals surface area contributed by atoms with Crippen LogP contribution in [-0.4, -0.2) is 31.0 Å². The maximum absolute atomic E-state index is 12.9. The van der Waals surface area contributed by atoms with Gasteiger partial charge < -0.3 is 25.1 Å². The second-order valence-electron chi connectivity index (χ2n) is 9.24. The van der Waals surface area contributed by atoms with Gasteiger partial charge in [0.15, 0.2) is 5.76 Å². The number of nitrogens with one attached hydrogen (secondary N) is 3. The van der Waals surface area contributed by atoms with Gasteiger partial charge in [0.05, 0.1) is 0 Å². The number of ether oxygens (including phenoxy) is 1. The van der Waals surface area contributed by atoms with Gasteiger partial charge in [-0.1, -0.05) is 73.9 Å².